The van der Waals surface area contributed by atoms with E-state index >= 15 is 0 Å². The van der Waals surface area contributed by atoms with E-state index in [1.54, 1.807) is 36.4 Å². The highest BCUT2D eigenvalue weighted by molar-refractivity contribution is 9.10. The highest BCUT2D eigenvalue weighted by atomic mass is 79.9. The van der Waals surface area contributed by atoms with E-state index < -0.39 is 11.7 Å². The predicted molar refractivity (Wildman–Crippen MR) is 106 cm³/mol. The monoisotopic (exact) mass is 453 g/mol. The van der Waals surface area contributed by atoms with Crippen molar-refractivity contribution in [3.05, 3.63) is 80.7 Å². The Morgan fingerprint density at radius 1 is 1.08 bits per heavy atom. The molecule has 0 radical (unpaired) electrons. The third-order valence-electron chi connectivity index (χ3n) is 3.36. The molecular weight excluding hydrogens is 444 g/mol. The number of hydrogen-bond acceptors (Lipinski definition) is 2. The molecule has 0 aliphatic carbocycles. The van der Waals surface area contributed by atoms with Crippen molar-refractivity contribution in [3.8, 4) is 11.3 Å². The van der Waals surface area contributed by atoms with Crippen LogP contribution in [0, 0.1) is 5.82 Å². The van der Waals surface area contributed by atoms with Gasteiger partial charge in [-0.1, -0.05) is 39.1 Å². The van der Waals surface area contributed by atoms with Crippen LogP contribution < -0.4 is 5.32 Å². The maximum absolute atomic E-state index is 13.7. The van der Waals surface area contributed by atoms with Gasteiger partial charge < -0.3 is 9.73 Å². The molecule has 3 rings (SSSR count). The van der Waals surface area contributed by atoms with E-state index in [1.165, 1.54) is 24.3 Å². The summed E-state index contributed by atoms with van der Waals surface area (Å²) in [4.78, 5) is 11.9. The summed E-state index contributed by atoms with van der Waals surface area (Å²) in [5.41, 5.74) is 0.820. The van der Waals surface area contributed by atoms with E-state index in [4.69, 9.17) is 27.6 Å². The minimum atomic E-state index is -0.528. The summed E-state index contributed by atoms with van der Waals surface area (Å²) in [5.74, 6) is 0.0187. The lowest BCUT2D eigenvalue weighted by molar-refractivity contribution is -0.111. The summed E-state index contributed by atoms with van der Waals surface area (Å²) in [7, 11) is 0. The highest BCUT2D eigenvalue weighted by Crippen LogP contribution is 2.29. The third-order valence-corrected chi connectivity index (χ3v) is 4.29. The molecule has 0 unspecified atom stereocenters. The molecule has 7 heteroatoms. The number of rotatable bonds is 4. The Bertz CT molecular complexity index is 981. The number of furan rings is 1. The van der Waals surface area contributed by atoms with Gasteiger partial charge in [0.1, 0.15) is 17.3 Å². The zero-order valence-corrected chi connectivity index (χ0v) is 16.2. The average Bonchev–Trinajstić information content (AvgIpc) is 3.04. The largest absolute Gasteiger partial charge is 0.457 e. The number of nitrogens with one attached hydrogen (secondary N) is 1. The van der Waals surface area contributed by atoms with Crippen LogP contribution in [0.3, 0.4) is 0 Å². The Hall–Kier alpha value is -2.08. The SMILES string of the molecule is O=C(/C=C/c1ccc(-c2cc(Cl)cc(Cl)c2)o1)Nc1ccc(Br)cc1F. The molecule has 1 N–H and O–H groups in total. The fourth-order valence-electron chi connectivity index (χ4n) is 2.22. The van der Waals surface area contributed by atoms with E-state index in [0.717, 1.165) is 5.56 Å². The lowest BCUT2D eigenvalue weighted by atomic mass is 10.2. The minimum absolute atomic E-state index is 0.0940. The minimum Gasteiger partial charge on any atom is -0.457 e. The van der Waals surface area contributed by atoms with Crippen LogP contribution in [0.2, 0.25) is 10.0 Å². The van der Waals surface area contributed by atoms with E-state index in [-0.39, 0.29) is 5.69 Å². The second-order valence-corrected chi connectivity index (χ2v) is 7.10. The molecule has 2 aromatic carbocycles. The van der Waals surface area contributed by atoms with Gasteiger partial charge in [0.25, 0.3) is 0 Å². The van der Waals surface area contributed by atoms with Gasteiger partial charge in [0.2, 0.25) is 5.91 Å². The Kier molecular flexibility index (Phi) is 5.81. The lowest BCUT2D eigenvalue weighted by Crippen LogP contribution is -2.09. The van der Waals surface area contributed by atoms with Crippen LogP contribution in [0.25, 0.3) is 17.4 Å². The summed E-state index contributed by atoms with van der Waals surface area (Å²) in [6.45, 7) is 0. The standard InChI is InChI=1S/C19H11BrCl2FNO2/c20-12-1-4-17(16(23)9-12)24-19(25)6-3-15-2-5-18(26-15)11-7-13(21)10-14(22)8-11/h1-10H,(H,24,25)/b6-3+. The molecule has 1 amide bonds. The van der Waals surface area contributed by atoms with Crippen LogP contribution in [0.1, 0.15) is 5.76 Å². The van der Waals surface area contributed by atoms with E-state index in [0.29, 0.717) is 26.0 Å². The smallest absolute Gasteiger partial charge is 0.248 e. The van der Waals surface area contributed by atoms with Gasteiger partial charge in [-0.05, 0) is 54.6 Å². The average molecular weight is 455 g/mol. The molecule has 0 spiro atoms. The van der Waals surface area contributed by atoms with Crippen LogP contribution in [0.15, 0.2) is 63.5 Å². The van der Waals surface area contributed by atoms with E-state index in [9.17, 15) is 9.18 Å². The number of halogens is 4. The first-order valence-electron chi connectivity index (χ1n) is 7.41. The van der Waals surface area contributed by atoms with E-state index in [1.807, 2.05) is 0 Å². The molecule has 0 aliphatic heterocycles. The van der Waals surface area contributed by atoms with Crippen LogP contribution in [0.5, 0.6) is 0 Å². The van der Waals surface area contributed by atoms with Crippen molar-refractivity contribution in [1.29, 1.82) is 0 Å². The van der Waals surface area contributed by atoms with Crippen molar-refractivity contribution in [2.24, 2.45) is 0 Å². The number of anilines is 1. The molecule has 3 nitrogen and oxygen atoms in total. The molecule has 3 aromatic rings. The molecule has 0 saturated carbocycles. The predicted octanol–water partition coefficient (Wildman–Crippen LogP) is 6.81. The molecule has 1 heterocycles. The first-order valence-corrected chi connectivity index (χ1v) is 8.96. The first kappa shape index (κ1) is 18.7. The van der Waals surface area contributed by atoms with Crippen molar-refractivity contribution >= 4 is 56.8 Å². The fourth-order valence-corrected chi connectivity index (χ4v) is 3.08. The van der Waals surface area contributed by atoms with Crippen LogP contribution in [0.4, 0.5) is 10.1 Å². The van der Waals surface area contributed by atoms with Crippen molar-refractivity contribution in [1.82, 2.24) is 0 Å². The molecule has 0 aliphatic rings. The lowest BCUT2D eigenvalue weighted by Gasteiger charge is -2.03. The van der Waals surface area contributed by atoms with Gasteiger partial charge in [-0.25, -0.2) is 4.39 Å². The van der Waals surface area contributed by atoms with Crippen molar-refractivity contribution in [3.63, 3.8) is 0 Å². The maximum Gasteiger partial charge on any atom is 0.248 e. The molecular formula is C19H11BrCl2FNO2. The molecule has 0 fully saturated rings. The van der Waals surface area contributed by atoms with Gasteiger partial charge >= 0.3 is 0 Å². The highest BCUT2D eigenvalue weighted by Gasteiger charge is 2.07. The Morgan fingerprint density at radius 2 is 1.81 bits per heavy atom. The Balaban J connectivity index is 1.71. The molecule has 0 saturated heterocycles. The normalized spacial score (nSPS) is 11.1. The number of carbonyl (C=O) groups excluding carboxylic acids is 1. The van der Waals surface area contributed by atoms with Crippen LogP contribution >= 0.6 is 39.1 Å². The van der Waals surface area contributed by atoms with Gasteiger partial charge in [0.05, 0.1) is 5.69 Å². The molecule has 1 aromatic heterocycles. The number of carbonyl (C=O) groups is 1. The zero-order valence-electron chi connectivity index (χ0n) is 13.1. The fraction of sp³-hybridized carbons (Fsp3) is 0. The molecule has 26 heavy (non-hydrogen) atoms. The van der Waals surface area contributed by atoms with E-state index in [2.05, 4.69) is 21.2 Å². The summed E-state index contributed by atoms with van der Waals surface area (Å²) in [5, 5.41) is 3.46. The maximum atomic E-state index is 13.7. The van der Waals surface area contributed by atoms with Crippen LogP contribution in [-0.2, 0) is 4.79 Å². The summed E-state index contributed by atoms with van der Waals surface area (Å²) >= 11 is 15.1. The van der Waals surface area contributed by atoms with Crippen LogP contribution in [-0.4, -0.2) is 5.91 Å². The molecule has 0 bridgehead atoms. The summed E-state index contributed by atoms with van der Waals surface area (Å²) in [6.07, 6.45) is 2.75. The number of benzene rings is 2. The summed E-state index contributed by atoms with van der Waals surface area (Å²) < 4.78 is 20.0. The van der Waals surface area contributed by atoms with Crippen molar-refractivity contribution in [2.75, 3.05) is 5.32 Å². The summed E-state index contributed by atoms with van der Waals surface area (Å²) in [6, 6.07) is 12.9. The van der Waals surface area contributed by atoms with Crippen molar-refractivity contribution < 1.29 is 13.6 Å². The van der Waals surface area contributed by atoms with Gasteiger partial charge in [-0.3, -0.25) is 4.79 Å². The quantitative estimate of drug-likeness (QED) is 0.440. The van der Waals surface area contributed by atoms with Crippen molar-refractivity contribution in [2.45, 2.75) is 0 Å². The van der Waals surface area contributed by atoms with Gasteiger partial charge in [-0.2, -0.15) is 0 Å². The number of hydrogen-bond donors (Lipinski definition) is 1. The van der Waals surface area contributed by atoms with Gasteiger partial charge in [0.15, 0.2) is 0 Å². The van der Waals surface area contributed by atoms with Gasteiger partial charge in [0, 0.05) is 26.2 Å². The van der Waals surface area contributed by atoms with Gasteiger partial charge in [-0.15, -0.1) is 0 Å². The third kappa shape index (κ3) is 4.75. The second-order valence-electron chi connectivity index (χ2n) is 5.31. The molecule has 0 atom stereocenters. The topological polar surface area (TPSA) is 42.2 Å². The zero-order chi connectivity index (χ0) is 18.7. The first-order chi connectivity index (χ1) is 12.4. The second kappa shape index (κ2) is 8.08. The molecule has 132 valence electrons. The Morgan fingerprint density at radius 3 is 2.50 bits per heavy atom. The number of amides is 1. The Labute approximate surface area is 167 Å².